The fourth-order valence-electron chi connectivity index (χ4n) is 2.55. The van der Waals surface area contributed by atoms with E-state index in [9.17, 15) is 0 Å². The van der Waals surface area contributed by atoms with Crippen LogP contribution in [0, 0.1) is 6.92 Å². The van der Waals surface area contributed by atoms with Crippen molar-refractivity contribution in [1.82, 2.24) is 5.43 Å². The van der Waals surface area contributed by atoms with Crippen molar-refractivity contribution in [3.05, 3.63) is 86.0 Å². The third-order valence-electron chi connectivity index (χ3n) is 3.80. The lowest BCUT2D eigenvalue weighted by Crippen LogP contribution is -2.19. The first-order valence-corrected chi connectivity index (χ1v) is 9.21. The number of rotatable bonds is 2. The molecule has 0 unspecified atom stereocenters. The van der Waals surface area contributed by atoms with Gasteiger partial charge in [0.1, 0.15) is 5.71 Å². The van der Waals surface area contributed by atoms with E-state index >= 15 is 0 Å². The number of hydrazone groups is 1. The van der Waals surface area contributed by atoms with E-state index in [2.05, 4.69) is 75.2 Å². The highest BCUT2D eigenvalue weighted by Gasteiger charge is 2.18. The summed E-state index contributed by atoms with van der Waals surface area (Å²) >= 11 is 5.22. The van der Waals surface area contributed by atoms with E-state index in [4.69, 9.17) is 4.99 Å². The Morgan fingerprint density at radius 3 is 2.62 bits per heavy atom. The summed E-state index contributed by atoms with van der Waals surface area (Å²) in [6.07, 6.45) is 0. The zero-order chi connectivity index (χ0) is 16.5. The van der Waals surface area contributed by atoms with Crippen LogP contribution in [0.4, 0.5) is 5.69 Å². The van der Waals surface area contributed by atoms with E-state index in [0.717, 1.165) is 37.7 Å². The molecule has 2 aromatic carbocycles. The third kappa shape index (κ3) is 2.92. The SMILES string of the molecule is Cc1ccc(C2=Nc3ccc(Br)cc3C(c3cccs3)=NN2)cc1. The Morgan fingerprint density at radius 2 is 1.88 bits per heavy atom. The lowest BCUT2D eigenvalue weighted by Gasteiger charge is -2.05. The maximum Gasteiger partial charge on any atom is 0.154 e. The first-order chi connectivity index (χ1) is 11.7. The zero-order valence-corrected chi connectivity index (χ0v) is 15.4. The number of fused-ring (bicyclic) bond motifs is 1. The Bertz CT molecular complexity index is 941. The number of nitrogens with zero attached hydrogens (tertiary/aromatic N) is 2. The summed E-state index contributed by atoms with van der Waals surface area (Å²) in [6.45, 7) is 2.08. The van der Waals surface area contributed by atoms with Crippen molar-refractivity contribution >= 4 is 44.5 Å². The molecule has 0 aliphatic carbocycles. The fourth-order valence-corrected chi connectivity index (χ4v) is 3.64. The number of benzene rings is 2. The minimum Gasteiger partial charge on any atom is -0.260 e. The third-order valence-corrected chi connectivity index (χ3v) is 5.17. The molecule has 0 radical (unpaired) electrons. The summed E-state index contributed by atoms with van der Waals surface area (Å²) in [5, 5.41) is 6.71. The number of thiophene rings is 1. The van der Waals surface area contributed by atoms with Crippen LogP contribution in [0.25, 0.3) is 0 Å². The van der Waals surface area contributed by atoms with Crippen LogP contribution in [0.5, 0.6) is 0 Å². The zero-order valence-electron chi connectivity index (χ0n) is 13.0. The molecule has 0 saturated heterocycles. The van der Waals surface area contributed by atoms with Gasteiger partial charge in [0.2, 0.25) is 0 Å². The molecule has 3 nitrogen and oxygen atoms in total. The molecule has 5 heteroatoms. The molecule has 0 bridgehead atoms. The van der Waals surface area contributed by atoms with E-state index < -0.39 is 0 Å². The van der Waals surface area contributed by atoms with Gasteiger partial charge in [-0.3, -0.25) is 5.43 Å². The first kappa shape index (κ1) is 15.3. The highest BCUT2D eigenvalue weighted by atomic mass is 79.9. The van der Waals surface area contributed by atoms with E-state index in [-0.39, 0.29) is 0 Å². The van der Waals surface area contributed by atoms with E-state index in [1.807, 2.05) is 18.2 Å². The molecule has 4 rings (SSSR count). The number of nitrogens with one attached hydrogen (secondary N) is 1. The molecule has 1 aliphatic rings. The molecule has 1 aliphatic heterocycles. The van der Waals surface area contributed by atoms with Gasteiger partial charge in [0.25, 0.3) is 0 Å². The maximum atomic E-state index is 4.82. The largest absolute Gasteiger partial charge is 0.260 e. The average molecular weight is 396 g/mol. The van der Waals surface area contributed by atoms with Crippen LogP contribution in [0.2, 0.25) is 0 Å². The Balaban J connectivity index is 1.87. The van der Waals surface area contributed by atoms with Gasteiger partial charge in [-0.15, -0.1) is 11.3 Å². The second kappa shape index (κ2) is 6.34. The van der Waals surface area contributed by atoms with Crippen LogP contribution >= 0.6 is 27.3 Å². The smallest absolute Gasteiger partial charge is 0.154 e. The Kier molecular flexibility index (Phi) is 4.04. The van der Waals surface area contributed by atoms with Crippen LogP contribution in [0.15, 0.2) is 74.5 Å². The molecule has 0 atom stereocenters. The van der Waals surface area contributed by atoms with Crippen LogP contribution in [-0.2, 0) is 0 Å². The van der Waals surface area contributed by atoms with Gasteiger partial charge in [0, 0.05) is 15.6 Å². The number of aliphatic imine (C=N–C) groups is 1. The second-order valence-corrected chi connectivity index (χ2v) is 7.40. The summed E-state index contributed by atoms with van der Waals surface area (Å²) in [5.74, 6) is 0.755. The fraction of sp³-hybridized carbons (Fsp3) is 0.0526. The molecular weight excluding hydrogens is 382 g/mol. The van der Waals surface area contributed by atoms with Crippen molar-refractivity contribution in [3.8, 4) is 0 Å². The van der Waals surface area contributed by atoms with Gasteiger partial charge >= 0.3 is 0 Å². The standard InChI is InChI=1S/C19H14BrN3S/c1-12-4-6-13(7-5-12)19-21-16-9-8-14(20)11-15(16)18(22-23-19)17-3-2-10-24-17/h2-11H,1H3,(H,21,23). The van der Waals surface area contributed by atoms with E-state index in [1.165, 1.54) is 5.56 Å². The van der Waals surface area contributed by atoms with Crippen molar-refractivity contribution in [2.45, 2.75) is 6.92 Å². The van der Waals surface area contributed by atoms with Crippen molar-refractivity contribution in [1.29, 1.82) is 0 Å². The molecule has 1 N–H and O–H groups in total. The Morgan fingerprint density at radius 1 is 1.04 bits per heavy atom. The number of aryl methyl sites for hydroxylation is 1. The normalized spacial score (nSPS) is 13.4. The molecular formula is C19H14BrN3S. The highest BCUT2D eigenvalue weighted by molar-refractivity contribution is 9.10. The summed E-state index contributed by atoms with van der Waals surface area (Å²) < 4.78 is 1.01. The minimum atomic E-state index is 0.755. The van der Waals surface area contributed by atoms with Crippen LogP contribution in [0.1, 0.15) is 21.6 Å². The summed E-state index contributed by atoms with van der Waals surface area (Å²) in [4.78, 5) is 5.93. The summed E-state index contributed by atoms with van der Waals surface area (Å²) in [6, 6.07) is 18.5. The van der Waals surface area contributed by atoms with Crippen molar-refractivity contribution in [2.24, 2.45) is 10.1 Å². The van der Waals surface area contributed by atoms with Crippen LogP contribution in [-0.4, -0.2) is 11.5 Å². The molecule has 0 spiro atoms. The second-order valence-electron chi connectivity index (χ2n) is 5.54. The maximum absolute atomic E-state index is 4.82. The van der Waals surface area contributed by atoms with E-state index in [1.54, 1.807) is 11.3 Å². The van der Waals surface area contributed by atoms with Crippen molar-refractivity contribution in [2.75, 3.05) is 0 Å². The van der Waals surface area contributed by atoms with Crippen LogP contribution < -0.4 is 5.43 Å². The molecule has 2 heterocycles. The Labute approximate surface area is 152 Å². The number of hydrogen-bond acceptors (Lipinski definition) is 4. The molecule has 3 aromatic rings. The summed E-state index contributed by atoms with van der Waals surface area (Å²) in [5.41, 5.74) is 8.23. The predicted octanol–water partition coefficient (Wildman–Crippen LogP) is 5.25. The average Bonchev–Trinajstić information content (AvgIpc) is 3.04. The number of amidine groups is 1. The van der Waals surface area contributed by atoms with E-state index in [0.29, 0.717) is 0 Å². The molecule has 0 saturated carbocycles. The number of halogens is 1. The molecule has 24 heavy (non-hydrogen) atoms. The van der Waals surface area contributed by atoms with Gasteiger partial charge in [-0.05, 0) is 36.6 Å². The van der Waals surface area contributed by atoms with Gasteiger partial charge in [-0.1, -0.05) is 51.8 Å². The molecule has 0 fully saturated rings. The molecule has 0 amide bonds. The minimum absolute atomic E-state index is 0.755. The molecule has 1 aromatic heterocycles. The quantitative estimate of drug-likeness (QED) is 0.631. The Hall–Kier alpha value is -2.24. The summed E-state index contributed by atoms with van der Waals surface area (Å²) in [7, 11) is 0. The monoisotopic (exact) mass is 395 g/mol. The van der Waals surface area contributed by atoms with Crippen LogP contribution in [0.3, 0.4) is 0 Å². The highest BCUT2D eigenvalue weighted by Crippen LogP contribution is 2.29. The van der Waals surface area contributed by atoms with Gasteiger partial charge in [-0.25, -0.2) is 4.99 Å². The van der Waals surface area contributed by atoms with Gasteiger partial charge in [0.15, 0.2) is 5.84 Å². The van der Waals surface area contributed by atoms with Gasteiger partial charge in [-0.2, -0.15) is 5.10 Å². The van der Waals surface area contributed by atoms with Crippen molar-refractivity contribution in [3.63, 3.8) is 0 Å². The lowest BCUT2D eigenvalue weighted by atomic mass is 10.1. The van der Waals surface area contributed by atoms with Gasteiger partial charge < -0.3 is 0 Å². The topological polar surface area (TPSA) is 36.8 Å². The lowest BCUT2D eigenvalue weighted by molar-refractivity contribution is 1.03. The van der Waals surface area contributed by atoms with Gasteiger partial charge in [0.05, 0.1) is 10.6 Å². The number of hydrogen-bond donors (Lipinski definition) is 1. The predicted molar refractivity (Wildman–Crippen MR) is 105 cm³/mol. The molecule has 118 valence electrons. The first-order valence-electron chi connectivity index (χ1n) is 7.54. The van der Waals surface area contributed by atoms with Crippen molar-refractivity contribution < 1.29 is 0 Å².